The molecular formula is C9H24O8Si2. The van der Waals surface area contributed by atoms with Gasteiger partial charge in [-0.3, -0.25) is 0 Å². The molecule has 0 heterocycles. The highest BCUT2D eigenvalue weighted by Gasteiger charge is 2.48. The summed E-state index contributed by atoms with van der Waals surface area (Å²) in [7, 11) is 2.44. The van der Waals surface area contributed by atoms with E-state index >= 15 is 0 Å². The molecule has 0 aromatic heterocycles. The van der Waals surface area contributed by atoms with Crippen LogP contribution in [0.25, 0.3) is 0 Å². The Morgan fingerprint density at radius 3 is 1.53 bits per heavy atom. The molecule has 116 valence electrons. The van der Waals surface area contributed by atoms with Gasteiger partial charge in [-0.15, -0.1) is 0 Å². The van der Waals surface area contributed by atoms with Crippen molar-refractivity contribution in [2.24, 2.45) is 0 Å². The smallest absolute Gasteiger partial charge is 0.388 e. The molecule has 19 heavy (non-hydrogen) atoms. The summed E-state index contributed by atoms with van der Waals surface area (Å²) in [5.41, 5.74) is -0.912. The SMILES string of the molecule is CO[Si](OC)(OC)OCCC(O)[Si](OC)(OC)OC. The van der Waals surface area contributed by atoms with Gasteiger partial charge in [0.1, 0.15) is 5.73 Å². The van der Waals surface area contributed by atoms with Gasteiger partial charge in [-0.25, -0.2) is 0 Å². The van der Waals surface area contributed by atoms with E-state index in [0.717, 1.165) is 0 Å². The van der Waals surface area contributed by atoms with Crippen molar-refractivity contribution in [3.8, 4) is 0 Å². The fourth-order valence-corrected chi connectivity index (χ4v) is 4.57. The van der Waals surface area contributed by atoms with Gasteiger partial charge in [0.05, 0.1) is 0 Å². The Hall–Kier alpha value is 0.114. The van der Waals surface area contributed by atoms with Crippen molar-refractivity contribution in [3.63, 3.8) is 0 Å². The first kappa shape index (κ1) is 19.1. The third-order valence-electron chi connectivity index (χ3n) is 2.68. The van der Waals surface area contributed by atoms with Gasteiger partial charge in [0.2, 0.25) is 0 Å². The third-order valence-corrected chi connectivity index (χ3v) is 7.55. The van der Waals surface area contributed by atoms with Crippen molar-refractivity contribution in [2.45, 2.75) is 12.1 Å². The minimum atomic E-state index is -3.09. The summed E-state index contributed by atoms with van der Waals surface area (Å²) in [4.78, 5) is 0. The minimum absolute atomic E-state index is 0.160. The molecule has 1 unspecified atom stereocenters. The van der Waals surface area contributed by atoms with Crippen molar-refractivity contribution in [1.82, 2.24) is 0 Å². The summed E-state index contributed by atoms with van der Waals surface area (Å²) in [5, 5.41) is 10.1. The summed E-state index contributed by atoms with van der Waals surface area (Å²) in [6.45, 7) is 0.160. The molecule has 0 amide bonds. The first-order valence-corrected chi connectivity index (χ1v) is 9.06. The van der Waals surface area contributed by atoms with E-state index in [0.29, 0.717) is 0 Å². The maximum atomic E-state index is 10.1. The lowest BCUT2D eigenvalue weighted by Gasteiger charge is -2.29. The van der Waals surface area contributed by atoms with Crippen molar-refractivity contribution in [3.05, 3.63) is 0 Å². The maximum absolute atomic E-state index is 10.1. The van der Waals surface area contributed by atoms with Gasteiger partial charge in [-0.05, 0) is 0 Å². The monoisotopic (exact) mass is 316 g/mol. The Morgan fingerprint density at radius 2 is 1.21 bits per heavy atom. The summed E-state index contributed by atoms with van der Waals surface area (Å²) in [6, 6.07) is 0. The summed E-state index contributed by atoms with van der Waals surface area (Å²) in [6.07, 6.45) is 0.243. The van der Waals surface area contributed by atoms with E-state index in [4.69, 9.17) is 31.0 Å². The predicted octanol–water partition coefficient (Wildman–Crippen LogP) is -0.454. The Morgan fingerprint density at radius 1 is 0.789 bits per heavy atom. The van der Waals surface area contributed by atoms with Crippen LogP contribution in [-0.4, -0.2) is 78.0 Å². The zero-order valence-corrected chi connectivity index (χ0v) is 14.3. The van der Waals surface area contributed by atoms with Crippen LogP contribution in [0.5, 0.6) is 0 Å². The fourth-order valence-electron chi connectivity index (χ4n) is 1.56. The molecule has 10 heteroatoms. The zero-order valence-electron chi connectivity index (χ0n) is 12.3. The Kier molecular flexibility index (Phi) is 9.18. The van der Waals surface area contributed by atoms with Gasteiger partial charge in [0, 0.05) is 55.7 Å². The average Bonchev–Trinajstić information content (AvgIpc) is 2.46. The number of rotatable bonds is 11. The molecule has 0 aromatic rings. The van der Waals surface area contributed by atoms with Crippen LogP contribution in [0.2, 0.25) is 0 Å². The Balaban J connectivity index is 4.40. The minimum Gasteiger partial charge on any atom is -0.388 e. The number of hydrogen-bond donors (Lipinski definition) is 1. The second kappa shape index (κ2) is 9.12. The first-order valence-electron chi connectivity index (χ1n) is 5.62. The van der Waals surface area contributed by atoms with E-state index in [9.17, 15) is 5.11 Å². The van der Waals surface area contributed by atoms with Crippen LogP contribution in [0, 0.1) is 0 Å². The topological polar surface area (TPSA) is 84.8 Å². The number of aliphatic hydroxyl groups is 1. The number of hydrogen-bond acceptors (Lipinski definition) is 8. The normalized spacial score (nSPS) is 14.7. The van der Waals surface area contributed by atoms with E-state index < -0.39 is 23.6 Å². The van der Waals surface area contributed by atoms with E-state index in [-0.39, 0.29) is 13.0 Å². The molecule has 0 saturated heterocycles. The molecule has 0 radical (unpaired) electrons. The highest BCUT2D eigenvalue weighted by Crippen LogP contribution is 2.16. The molecule has 0 aliphatic carbocycles. The van der Waals surface area contributed by atoms with E-state index in [1.807, 2.05) is 0 Å². The summed E-state index contributed by atoms with van der Waals surface area (Å²) < 4.78 is 36.2. The fraction of sp³-hybridized carbons (Fsp3) is 1.00. The molecule has 8 nitrogen and oxygen atoms in total. The highest BCUT2D eigenvalue weighted by molar-refractivity contribution is 6.62. The maximum Gasteiger partial charge on any atom is 0.678 e. The van der Waals surface area contributed by atoms with Crippen molar-refractivity contribution >= 4 is 17.9 Å². The molecular weight excluding hydrogens is 292 g/mol. The average molecular weight is 316 g/mol. The van der Waals surface area contributed by atoms with Crippen LogP contribution in [0.1, 0.15) is 6.42 Å². The van der Waals surface area contributed by atoms with Crippen LogP contribution in [0.4, 0.5) is 0 Å². The predicted molar refractivity (Wildman–Crippen MR) is 70.1 cm³/mol. The van der Waals surface area contributed by atoms with Crippen molar-refractivity contribution in [1.29, 1.82) is 0 Å². The lowest BCUT2D eigenvalue weighted by atomic mass is 10.5. The van der Waals surface area contributed by atoms with Gasteiger partial charge in [-0.2, -0.15) is 0 Å². The Bertz CT molecular complexity index is 218. The lowest BCUT2D eigenvalue weighted by molar-refractivity contribution is -0.00556. The largest absolute Gasteiger partial charge is 0.678 e. The van der Waals surface area contributed by atoms with E-state index in [1.165, 1.54) is 42.7 Å². The Labute approximate surface area is 116 Å². The molecule has 0 aliphatic heterocycles. The molecule has 1 N–H and O–H groups in total. The van der Waals surface area contributed by atoms with Crippen LogP contribution < -0.4 is 0 Å². The highest BCUT2D eigenvalue weighted by atomic mass is 28.4. The third kappa shape index (κ3) is 4.86. The second-order valence-electron chi connectivity index (χ2n) is 3.48. The van der Waals surface area contributed by atoms with Gasteiger partial charge < -0.3 is 36.1 Å². The summed E-state index contributed by atoms with van der Waals surface area (Å²) >= 11 is 0. The molecule has 0 aliphatic rings. The van der Waals surface area contributed by atoms with Gasteiger partial charge in [-0.1, -0.05) is 0 Å². The van der Waals surface area contributed by atoms with Crippen molar-refractivity contribution in [2.75, 3.05) is 49.3 Å². The number of aliphatic hydroxyl groups excluding tert-OH is 1. The van der Waals surface area contributed by atoms with Crippen molar-refractivity contribution < 1.29 is 36.1 Å². The molecule has 1 atom stereocenters. The molecule has 0 rings (SSSR count). The molecule has 0 saturated carbocycles. The standard InChI is InChI=1S/C9H24O8Si2/c1-11-18(12-2,13-3)9(10)7-8-17-19(14-4,15-5)16-6/h9-10H,7-8H2,1-6H3. The second-order valence-corrected chi connectivity index (χ2v) is 9.09. The molecule has 0 bridgehead atoms. The quantitative estimate of drug-likeness (QED) is 0.513. The van der Waals surface area contributed by atoms with E-state index in [1.54, 1.807) is 0 Å². The molecule has 0 fully saturated rings. The van der Waals surface area contributed by atoms with Gasteiger partial charge >= 0.3 is 17.9 Å². The first-order chi connectivity index (χ1) is 8.99. The van der Waals surface area contributed by atoms with Crippen LogP contribution in [0.3, 0.4) is 0 Å². The van der Waals surface area contributed by atoms with Gasteiger partial charge in [0.15, 0.2) is 0 Å². The van der Waals surface area contributed by atoms with Crippen LogP contribution >= 0.6 is 0 Å². The molecule has 0 spiro atoms. The van der Waals surface area contributed by atoms with Crippen LogP contribution in [-0.2, 0) is 31.0 Å². The van der Waals surface area contributed by atoms with E-state index in [2.05, 4.69) is 0 Å². The molecule has 0 aromatic carbocycles. The van der Waals surface area contributed by atoms with Crippen LogP contribution in [0.15, 0.2) is 0 Å². The zero-order chi connectivity index (χ0) is 14.9. The summed E-state index contributed by atoms with van der Waals surface area (Å²) in [5.74, 6) is 0. The lowest BCUT2D eigenvalue weighted by Crippen LogP contribution is -2.55. The van der Waals surface area contributed by atoms with Gasteiger partial charge in [0.25, 0.3) is 0 Å².